The van der Waals surface area contributed by atoms with Gasteiger partial charge in [0.2, 0.25) is 0 Å². The number of carbonyl (C=O) groups excluding carboxylic acids is 2. The number of nitrogens with zero attached hydrogens (tertiary/aromatic N) is 1. The van der Waals surface area contributed by atoms with Gasteiger partial charge in [0.15, 0.2) is 0 Å². The summed E-state index contributed by atoms with van der Waals surface area (Å²) in [6, 6.07) is 0. The van der Waals surface area contributed by atoms with Gasteiger partial charge in [0.25, 0.3) is 0 Å². The first kappa shape index (κ1) is 22.8. The first-order chi connectivity index (χ1) is 15.2. The van der Waals surface area contributed by atoms with Crippen LogP contribution in [0.1, 0.15) is 79.6 Å². The molecular formula is C27H43NO4. The lowest BCUT2D eigenvalue weighted by molar-refractivity contribution is -0.193. The minimum atomic E-state index is -0.0843. The van der Waals surface area contributed by atoms with E-state index in [0.717, 1.165) is 38.8 Å². The highest BCUT2D eigenvalue weighted by Gasteiger charge is 2.67. The molecule has 5 rings (SSSR count). The molecule has 10 atom stereocenters. The van der Waals surface area contributed by atoms with Crippen molar-refractivity contribution in [3.05, 3.63) is 0 Å². The molecule has 0 bridgehead atoms. The molecular weight excluding hydrogens is 402 g/mol. The Morgan fingerprint density at radius 2 is 1.75 bits per heavy atom. The van der Waals surface area contributed by atoms with Gasteiger partial charge in [0, 0.05) is 11.8 Å². The summed E-state index contributed by atoms with van der Waals surface area (Å²) in [5.74, 6) is 2.57. The van der Waals surface area contributed by atoms with E-state index in [4.69, 9.17) is 9.47 Å². The van der Waals surface area contributed by atoms with E-state index in [9.17, 15) is 9.59 Å². The quantitative estimate of drug-likeness (QED) is 0.446. The van der Waals surface area contributed by atoms with Crippen molar-refractivity contribution in [3.8, 4) is 0 Å². The fraction of sp³-hybridized carbons (Fsp3) is 0.926. The van der Waals surface area contributed by atoms with Crippen LogP contribution in [-0.2, 0) is 19.1 Å². The van der Waals surface area contributed by atoms with Crippen LogP contribution in [0.5, 0.6) is 0 Å². The number of ether oxygens (including phenoxy) is 2. The number of hydrogen-bond donors (Lipinski definition) is 0. The third-order valence-corrected chi connectivity index (χ3v) is 10.8. The highest BCUT2D eigenvalue weighted by atomic mass is 16.6. The van der Waals surface area contributed by atoms with E-state index in [1.165, 1.54) is 19.3 Å². The maximum absolute atomic E-state index is 13.1. The van der Waals surface area contributed by atoms with Crippen molar-refractivity contribution in [2.75, 3.05) is 19.6 Å². The summed E-state index contributed by atoms with van der Waals surface area (Å²) in [5.41, 5.74) is 0.139. The van der Waals surface area contributed by atoms with Gasteiger partial charge in [0.1, 0.15) is 11.9 Å². The molecule has 0 amide bonds. The maximum atomic E-state index is 13.1. The fourth-order valence-corrected chi connectivity index (χ4v) is 9.23. The molecule has 1 saturated heterocycles. The zero-order valence-electron chi connectivity index (χ0n) is 20.8. The molecule has 0 aromatic heterocycles. The van der Waals surface area contributed by atoms with Gasteiger partial charge in [-0.05, 0) is 93.5 Å². The molecule has 4 unspecified atom stereocenters. The molecule has 5 aliphatic rings. The normalized spacial score (nSPS) is 48.9. The number of rotatable bonds is 6. The second kappa shape index (κ2) is 8.08. The van der Waals surface area contributed by atoms with Crippen LogP contribution < -0.4 is 0 Å². The number of esters is 1. The minimum absolute atomic E-state index is 0.0381. The predicted octanol–water partition coefficient (Wildman–Crippen LogP) is 4.48. The smallest absolute Gasteiger partial charge is 0.320 e. The standard InChI is InChI=1S/C27H43NO4/c1-6-28(7-2)15-24(30)32-23-14-27(5)19(16(3)29)10-11-20(27)18-9-8-17-12-21-22(31-21)13-26(17,4)25(18)23/h17-23,25H,6-15H2,1-5H3/t17?,18-,19+,20-,21?,22?,23?,25+,26-,27+/m0/s1. The molecule has 5 fully saturated rings. The van der Waals surface area contributed by atoms with E-state index in [-0.39, 0.29) is 28.8 Å². The Hall–Kier alpha value is -0.940. The zero-order valence-corrected chi connectivity index (χ0v) is 20.8. The topological polar surface area (TPSA) is 59.1 Å². The van der Waals surface area contributed by atoms with Crippen molar-refractivity contribution in [1.29, 1.82) is 0 Å². The molecule has 4 aliphatic carbocycles. The van der Waals surface area contributed by atoms with Crippen molar-refractivity contribution in [2.45, 2.75) is 97.9 Å². The van der Waals surface area contributed by atoms with Gasteiger partial charge in [-0.2, -0.15) is 0 Å². The molecule has 4 saturated carbocycles. The third-order valence-electron chi connectivity index (χ3n) is 10.8. The summed E-state index contributed by atoms with van der Waals surface area (Å²) in [7, 11) is 0. The SMILES string of the molecule is CCN(CC)CC(=O)OC1C[C@]2(C)[C@@H](C(C)=O)CC[C@H]2[C@@H]2CCC3CC4OC4C[C@]3(C)[C@@H]12. The van der Waals surface area contributed by atoms with Gasteiger partial charge < -0.3 is 9.47 Å². The second-order valence-corrected chi connectivity index (χ2v) is 12.2. The van der Waals surface area contributed by atoms with Crippen molar-refractivity contribution in [2.24, 2.45) is 40.4 Å². The Morgan fingerprint density at radius 3 is 2.44 bits per heavy atom. The van der Waals surface area contributed by atoms with E-state index in [1.54, 1.807) is 6.92 Å². The van der Waals surface area contributed by atoms with Gasteiger partial charge in [0.05, 0.1) is 18.8 Å². The number of hydrogen-bond acceptors (Lipinski definition) is 5. The average molecular weight is 446 g/mol. The van der Waals surface area contributed by atoms with Crippen LogP contribution in [0.15, 0.2) is 0 Å². The summed E-state index contributed by atoms with van der Waals surface area (Å²) in [5, 5.41) is 0. The third kappa shape index (κ3) is 3.48. The monoisotopic (exact) mass is 445 g/mol. The molecule has 1 heterocycles. The van der Waals surface area contributed by atoms with E-state index in [1.807, 2.05) is 0 Å². The average Bonchev–Trinajstić information content (AvgIpc) is 3.38. The number of epoxide rings is 1. The number of ketones is 1. The van der Waals surface area contributed by atoms with Gasteiger partial charge in [-0.3, -0.25) is 14.5 Å². The summed E-state index contributed by atoms with van der Waals surface area (Å²) >= 11 is 0. The molecule has 0 aromatic carbocycles. The van der Waals surface area contributed by atoms with Crippen molar-refractivity contribution < 1.29 is 19.1 Å². The van der Waals surface area contributed by atoms with Crippen molar-refractivity contribution in [1.82, 2.24) is 4.90 Å². The van der Waals surface area contributed by atoms with Crippen LogP contribution in [0.25, 0.3) is 0 Å². The largest absolute Gasteiger partial charge is 0.461 e. The summed E-state index contributed by atoms with van der Waals surface area (Å²) in [6.45, 7) is 12.9. The highest BCUT2D eigenvalue weighted by molar-refractivity contribution is 5.79. The molecule has 5 heteroatoms. The number of likely N-dealkylation sites (N-methyl/N-ethyl adjacent to an activating group) is 1. The maximum Gasteiger partial charge on any atom is 0.320 e. The lowest BCUT2D eigenvalue weighted by Crippen LogP contribution is -2.60. The highest BCUT2D eigenvalue weighted by Crippen LogP contribution is 2.69. The molecule has 1 aliphatic heterocycles. The Labute approximate surface area is 194 Å². The van der Waals surface area contributed by atoms with E-state index >= 15 is 0 Å². The molecule has 5 nitrogen and oxygen atoms in total. The first-order valence-corrected chi connectivity index (χ1v) is 13.3. The first-order valence-electron chi connectivity index (χ1n) is 13.3. The number of carbonyl (C=O) groups is 2. The molecule has 0 N–H and O–H groups in total. The van der Waals surface area contributed by atoms with Crippen LogP contribution in [0.3, 0.4) is 0 Å². The summed E-state index contributed by atoms with van der Waals surface area (Å²) < 4.78 is 12.4. The molecule has 32 heavy (non-hydrogen) atoms. The Balaban J connectivity index is 1.46. The van der Waals surface area contributed by atoms with E-state index in [2.05, 4.69) is 32.6 Å². The molecule has 0 aromatic rings. The number of Topliss-reactive ketones (excluding diaryl/α,β-unsaturated/α-hetero) is 1. The second-order valence-electron chi connectivity index (χ2n) is 12.2. The van der Waals surface area contributed by atoms with Gasteiger partial charge in [-0.1, -0.05) is 27.7 Å². The minimum Gasteiger partial charge on any atom is -0.461 e. The lowest BCUT2D eigenvalue weighted by atomic mass is 9.44. The molecule has 0 radical (unpaired) electrons. The summed E-state index contributed by atoms with van der Waals surface area (Å²) in [6.07, 6.45) is 8.63. The van der Waals surface area contributed by atoms with Gasteiger partial charge in [-0.25, -0.2) is 0 Å². The van der Waals surface area contributed by atoms with Crippen LogP contribution in [0.2, 0.25) is 0 Å². The van der Waals surface area contributed by atoms with Crippen molar-refractivity contribution >= 4 is 11.8 Å². The molecule has 180 valence electrons. The van der Waals surface area contributed by atoms with Crippen LogP contribution >= 0.6 is 0 Å². The summed E-state index contributed by atoms with van der Waals surface area (Å²) in [4.78, 5) is 27.9. The van der Waals surface area contributed by atoms with E-state index in [0.29, 0.717) is 48.2 Å². The molecule has 0 spiro atoms. The van der Waals surface area contributed by atoms with Crippen molar-refractivity contribution in [3.63, 3.8) is 0 Å². The fourth-order valence-electron chi connectivity index (χ4n) is 9.23. The zero-order chi connectivity index (χ0) is 22.8. The predicted molar refractivity (Wildman–Crippen MR) is 123 cm³/mol. The lowest BCUT2D eigenvalue weighted by Gasteiger charge is -2.61. The Bertz CT molecular complexity index is 765. The van der Waals surface area contributed by atoms with Crippen LogP contribution in [-0.4, -0.2) is 54.6 Å². The number of fused-ring (bicyclic) bond motifs is 6. The van der Waals surface area contributed by atoms with Crippen LogP contribution in [0.4, 0.5) is 0 Å². The van der Waals surface area contributed by atoms with Crippen LogP contribution in [0, 0.1) is 40.4 Å². The van der Waals surface area contributed by atoms with E-state index < -0.39 is 0 Å². The van der Waals surface area contributed by atoms with Gasteiger partial charge in [-0.15, -0.1) is 0 Å². The Morgan fingerprint density at radius 1 is 1.00 bits per heavy atom. The van der Waals surface area contributed by atoms with Gasteiger partial charge >= 0.3 is 5.97 Å². The Kier molecular flexibility index (Phi) is 5.76.